The van der Waals surface area contributed by atoms with E-state index in [9.17, 15) is 0 Å². The van der Waals surface area contributed by atoms with Gasteiger partial charge in [0.25, 0.3) is 0 Å². The molecule has 0 amide bonds. The Kier molecular flexibility index (Phi) is 2.15. The monoisotopic (exact) mass is 202 g/mol. The normalized spacial score (nSPS) is 20.6. The summed E-state index contributed by atoms with van der Waals surface area (Å²) in [4.78, 5) is 0. The Balaban J connectivity index is 2.52. The van der Waals surface area contributed by atoms with E-state index in [1.807, 2.05) is 0 Å². The molecule has 0 saturated carbocycles. The summed E-state index contributed by atoms with van der Waals surface area (Å²) >= 11 is 0. The van der Waals surface area contributed by atoms with Gasteiger partial charge in [-0.1, -0.05) is 55.6 Å². The summed E-state index contributed by atoms with van der Waals surface area (Å²) in [7, 11) is -1.11. The van der Waals surface area contributed by atoms with E-state index in [-0.39, 0.29) is 0 Å². The fraction of sp³-hybridized carbons (Fsp3) is 0.385. The quantitative estimate of drug-likeness (QED) is 0.602. The summed E-state index contributed by atoms with van der Waals surface area (Å²) in [5.74, 6) is 0. The van der Waals surface area contributed by atoms with E-state index in [0.717, 1.165) is 5.54 Å². The molecule has 74 valence electrons. The van der Waals surface area contributed by atoms with Crippen molar-refractivity contribution in [2.75, 3.05) is 0 Å². The Morgan fingerprint density at radius 1 is 1.07 bits per heavy atom. The Hall–Kier alpha value is -0.823. The minimum atomic E-state index is -1.11. The highest BCUT2D eigenvalue weighted by Crippen LogP contribution is 2.41. The van der Waals surface area contributed by atoms with Gasteiger partial charge in [0, 0.05) is 5.54 Å². The van der Waals surface area contributed by atoms with Crippen LogP contribution < -0.4 is 0 Å². The average molecular weight is 202 g/mol. The molecular formula is C13H18Si. The smallest absolute Gasteiger partial charge is 0.0569 e. The van der Waals surface area contributed by atoms with Crippen molar-refractivity contribution < 1.29 is 0 Å². The van der Waals surface area contributed by atoms with Gasteiger partial charge in [0.15, 0.2) is 0 Å². The number of allylic oxidation sites excluding steroid dienone is 1. The van der Waals surface area contributed by atoms with Gasteiger partial charge in [-0.2, -0.15) is 0 Å². The first kappa shape index (κ1) is 9.72. The number of hydrogen-bond acceptors (Lipinski definition) is 0. The van der Waals surface area contributed by atoms with Crippen molar-refractivity contribution in [3.63, 3.8) is 0 Å². The van der Waals surface area contributed by atoms with E-state index in [4.69, 9.17) is 0 Å². The van der Waals surface area contributed by atoms with Crippen LogP contribution in [0.3, 0.4) is 0 Å². The molecule has 0 radical (unpaired) electrons. The third kappa shape index (κ3) is 1.46. The summed E-state index contributed by atoms with van der Waals surface area (Å²) in [5, 5.41) is 0. The van der Waals surface area contributed by atoms with Gasteiger partial charge in [0.05, 0.1) is 8.07 Å². The Morgan fingerprint density at radius 3 is 2.36 bits per heavy atom. The van der Waals surface area contributed by atoms with E-state index in [2.05, 4.69) is 56.9 Å². The van der Waals surface area contributed by atoms with E-state index in [0.29, 0.717) is 0 Å². The van der Waals surface area contributed by atoms with Crippen LogP contribution in [0.25, 0.3) is 6.08 Å². The first-order chi connectivity index (χ1) is 6.50. The maximum Gasteiger partial charge on any atom is 0.0569 e. The molecule has 0 saturated heterocycles. The average Bonchev–Trinajstić information content (AvgIpc) is 2.38. The van der Waals surface area contributed by atoms with Gasteiger partial charge in [-0.15, -0.1) is 0 Å². The largest absolute Gasteiger partial charge is 0.0688 e. The second-order valence-electron chi connectivity index (χ2n) is 5.32. The second kappa shape index (κ2) is 3.09. The molecular weight excluding hydrogens is 184 g/mol. The van der Waals surface area contributed by atoms with Crippen LogP contribution in [0.2, 0.25) is 19.6 Å². The van der Waals surface area contributed by atoms with E-state index >= 15 is 0 Å². The number of fused-ring (bicyclic) bond motifs is 1. The Bertz CT molecular complexity index is 382. The van der Waals surface area contributed by atoms with Crippen molar-refractivity contribution >= 4 is 14.1 Å². The van der Waals surface area contributed by atoms with Crippen LogP contribution in [0.1, 0.15) is 23.6 Å². The first-order valence-corrected chi connectivity index (χ1v) is 8.85. The van der Waals surface area contributed by atoms with Crippen LogP contribution in [0.15, 0.2) is 29.8 Å². The molecule has 0 nitrogen and oxygen atoms in total. The first-order valence-electron chi connectivity index (χ1n) is 5.27. The standard InChI is InChI=1S/C13H18Si/c1-10-9-11-7-5-6-8-12(11)13(10)14(2,3)4/h5-9,13H,1-4H3/t13-/m1/s1. The van der Waals surface area contributed by atoms with Crippen LogP contribution >= 0.6 is 0 Å². The summed E-state index contributed by atoms with van der Waals surface area (Å²) in [6.07, 6.45) is 2.36. The topological polar surface area (TPSA) is 0 Å². The molecule has 1 atom stereocenters. The van der Waals surface area contributed by atoms with Crippen molar-refractivity contribution in [3.05, 3.63) is 41.0 Å². The zero-order valence-electron chi connectivity index (χ0n) is 9.46. The lowest BCUT2D eigenvalue weighted by Crippen LogP contribution is -2.30. The maximum absolute atomic E-state index is 2.46. The highest BCUT2D eigenvalue weighted by molar-refractivity contribution is 6.78. The number of rotatable bonds is 1. The molecule has 2 rings (SSSR count). The Labute approximate surface area is 87.7 Å². The van der Waals surface area contributed by atoms with Gasteiger partial charge in [0.2, 0.25) is 0 Å². The van der Waals surface area contributed by atoms with Crippen LogP contribution in [-0.4, -0.2) is 8.07 Å². The zero-order chi connectivity index (χ0) is 10.3. The Morgan fingerprint density at radius 2 is 1.71 bits per heavy atom. The molecule has 0 aromatic heterocycles. The van der Waals surface area contributed by atoms with Gasteiger partial charge < -0.3 is 0 Å². The number of benzene rings is 1. The van der Waals surface area contributed by atoms with Gasteiger partial charge >= 0.3 is 0 Å². The molecule has 1 aromatic rings. The molecule has 1 aromatic carbocycles. The summed E-state index contributed by atoms with van der Waals surface area (Å²) in [6.45, 7) is 9.65. The summed E-state index contributed by atoms with van der Waals surface area (Å²) in [6, 6.07) is 8.83. The van der Waals surface area contributed by atoms with Crippen molar-refractivity contribution in [1.29, 1.82) is 0 Å². The highest BCUT2D eigenvalue weighted by Gasteiger charge is 2.33. The van der Waals surface area contributed by atoms with Crippen molar-refractivity contribution in [2.24, 2.45) is 0 Å². The summed E-state index contributed by atoms with van der Waals surface area (Å²) < 4.78 is 0. The lowest BCUT2D eigenvalue weighted by atomic mass is 10.1. The van der Waals surface area contributed by atoms with Crippen LogP contribution in [0.4, 0.5) is 0 Å². The van der Waals surface area contributed by atoms with E-state index in [1.54, 1.807) is 11.1 Å². The molecule has 0 heterocycles. The number of hydrogen-bond donors (Lipinski definition) is 0. The molecule has 0 bridgehead atoms. The predicted octanol–water partition coefficient (Wildman–Crippen LogP) is 4.06. The van der Waals surface area contributed by atoms with Gasteiger partial charge in [-0.25, -0.2) is 0 Å². The van der Waals surface area contributed by atoms with Crippen LogP contribution in [0, 0.1) is 0 Å². The predicted molar refractivity (Wildman–Crippen MR) is 66.2 cm³/mol. The third-order valence-electron chi connectivity index (χ3n) is 3.01. The van der Waals surface area contributed by atoms with Crippen LogP contribution in [0.5, 0.6) is 0 Å². The molecule has 0 fully saturated rings. The van der Waals surface area contributed by atoms with E-state index < -0.39 is 8.07 Å². The maximum atomic E-state index is 2.46. The van der Waals surface area contributed by atoms with E-state index in [1.165, 1.54) is 5.56 Å². The zero-order valence-corrected chi connectivity index (χ0v) is 10.5. The van der Waals surface area contributed by atoms with Crippen molar-refractivity contribution in [1.82, 2.24) is 0 Å². The molecule has 0 N–H and O–H groups in total. The minimum absolute atomic E-state index is 0.735. The van der Waals surface area contributed by atoms with Crippen molar-refractivity contribution in [3.8, 4) is 0 Å². The molecule has 1 heteroatoms. The highest BCUT2D eigenvalue weighted by atomic mass is 28.3. The van der Waals surface area contributed by atoms with Gasteiger partial charge in [-0.3, -0.25) is 0 Å². The van der Waals surface area contributed by atoms with Crippen LogP contribution in [-0.2, 0) is 0 Å². The fourth-order valence-electron chi connectivity index (χ4n) is 2.63. The molecule has 0 spiro atoms. The van der Waals surface area contributed by atoms with Gasteiger partial charge in [-0.05, 0) is 18.1 Å². The molecule has 14 heavy (non-hydrogen) atoms. The summed E-state index contributed by atoms with van der Waals surface area (Å²) in [5.41, 5.74) is 5.30. The molecule has 0 unspecified atom stereocenters. The molecule has 0 aliphatic heterocycles. The fourth-order valence-corrected chi connectivity index (χ4v) is 5.27. The third-order valence-corrected chi connectivity index (χ3v) is 5.51. The minimum Gasteiger partial charge on any atom is -0.0688 e. The second-order valence-corrected chi connectivity index (χ2v) is 10.6. The lowest BCUT2D eigenvalue weighted by molar-refractivity contribution is 1.07. The lowest BCUT2D eigenvalue weighted by Gasteiger charge is -2.27. The molecule has 1 aliphatic rings. The SMILES string of the molecule is CC1=Cc2ccccc2[C@@H]1[Si](C)(C)C. The van der Waals surface area contributed by atoms with Crippen molar-refractivity contribution in [2.45, 2.75) is 32.1 Å². The van der Waals surface area contributed by atoms with Gasteiger partial charge in [0.1, 0.15) is 0 Å². The molecule has 1 aliphatic carbocycles.